The van der Waals surface area contributed by atoms with E-state index in [-0.39, 0.29) is 24.5 Å². The molecule has 29 heavy (non-hydrogen) atoms. The summed E-state index contributed by atoms with van der Waals surface area (Å²) in [6.07, 6.45) is 0. The third kappa shape index (κ3) is 9.31. The summed E-state index contributed by atoms with van der Waals surface area (Å²) in [5, 5.41) is 0. The molecular weight excluding hydrogens is 384 g/mol. The molecular formula is C20H32O9. The van der Waals surface area contributed by atoms with Gasteiger partial charge in [0, 0.05) is 6.61 Å². The predicted molar refractivity (Wildman–Crippen MR) is 105 cm³/mol. The Bertz CT molecular complexity index is 577. The molecule has 0 saturated heterocycles. The lowest BCUT2D eigenvalue weighted by molar-refractivity contribution is -0.00810. The first-order valence-corrected chi connectivity index (χ1v) is 9.46. The first-order valence-electron chi connectivity index (χ1n) is 9.46. The molecule has 0 radical (unpaired) electrons. The van der Waals surface area contributed by atoms with Crippen molar-refractivity contribution in [3.8, 4) is 17.2 Å². The first kappa shape index (κ1) is 25.0. The Labute approximate surface area is 172 Å². The van der Waals surface area contributed by atoms with Crippen molar-refractivity contribution in [2.45, 2.75) is 6.92 Å². The fraction of sp³-hybridized carbons (Fsp3) is 0.650. The van der Waals surface area contributed by atoms with Crippen LogP contribution in [-0.2, 0) is 23.7 Å². The number of carbonyl (C=O) groups excluding carboxylic acids is 1. The van der Waals surface area contributed by atoms with Crippen LogP contribution in [0.2, 0.25) is 0 Å². The van der Waals surface area contributed by atoms with Gasteiger partial charge in [0.05, 0.1) is 67.6 Å². The third-order valence-electron chi connectivity index (χ3n) is 3.71. The van der Waals surface area contributed by atoms with Gasteiger partial charge >= 0.3 is 5.97 Å². The smallest absolute Gasteiger partial charge is 0.342 e. The fourth-order valence-corrected chi connectivity index (χ4v) is 2.34. The lowest BCUT2D eigenvalue weighted by Gasteiger charge is -2.15. The van der Waals surface area contributed by atoms with Crippen molar-refractivity contribution < 1.29 is 42.7 Å². The van der Waals surface area contributed by atoms with E-state index >= 15 is 0 Å². The molecule has 1 aromatic carbocycles. The summed E-state index contributed by atoms with van der Waals surface area (Å²) in [5.74, 6) is 0.519. The highest BCUT2D eigenvalue weighted by Gasteiger charge is 2.21. The van der Waals surface area contributed by atoms with E-state index in [1.165, 1.54) is 21.3 Å². The molecule has 0 amide bonds. The van der Waals surface area contributed by atoms with Crippen LogP contribution in [-0.4, -0.2) is 86.8 Å². The van der Waals surface area contributed by atoms with E-state index in [9.17, 15) is 4.79 Å². The Kier molecular flexibility index (Phi) is 13.6. The van der Waals surface area contributed by atoms with Crippen LogP contribution in [0.4, 0.5) is 0 Å². The quantitative estimate of drug-likeness (QED) is 0.279. The van der Waals surface area contributed by atoms with Gasteiger partial charge in [-0.1, -0.05) is 0 Å². The molecule has 0 aromatic heterocycles. The Morgan fingerprint density at radius 3 is 1.69 bits per heavy atom. The van der Waals surface area contributed by atoms with Crippen molar-refractivity contribution in [1.82, 2.24) is 0 Å². The van der Waals surface area contributed by atoms with Gasteiger partial charge in [-0.05, 0) is 19.1 Å². The monoisotopic (exact) mass is 416 g/mol. The fourth-order valence-electron chi connectivity index (χ4n) is 2.34. The molecule has 0 spiro atoms. The van der Waals surface area contributed by atoms with Crippen LogP contribution in [0.15, 0.2) is 12.1 Å². The zero-order chi connectivity index (χ0) is 21.3. The van der Waals surface area contributed by atoms with Crippen LogP contribution >= 0.6 is 0 Å². The van der Waals surface area contributed by atoms with Gasteiger partial charge in [-0.3, -0.25) is 0 Å². The molecule has 0 saturated carbocycles. The minimum atomic E-state index is -0.535. The topological polar surface area (TPSA) is 90.9 Å². The van der Waals surface area contributed by atoms with Gasteiger partial charge < -0.3 is 37.9 Å². The molecule has 166 valence electrons. The van der Waals surface area contributed by atoms with Gasteiger partial charge in [0.25, 0.3) is 0 Å². The molecule has 0 fully saturated rings. The van der Waals surface area contributed by atoms with Crippen molar-refractivity contribution in [2.75, 3.05) is 80.8 Å². The highest BCUT2D eigenvalue weighted by atomic mass is 16.6. The second-order valence-corrected chi connectivity index (χ2v) is 5.55. The SMILES string of the molecule is CCOCCOCCOCCOCCOC(=O)c1ccc(OC)c(OC)c1OC. The van der Waals surface area contributed by atoms with Crippen molar-refractivity contribution in [3.63, 3.8) is 0 Å². The van der Waals surface area contributed by atoms with Gasteiger partial charge in [0.1, 0.15) is 12.2 Å². The van der Waals surface area contributed by atoms with E-state index in [4.69, 9.17) is 37.9 Å². The Morgan fingerprint density at radius 2 is 1.21 bits per heavy atom. The van der Waals surface area contributed by atoms with E-state index in [1.54, 1.807) is 12.1 Å². The second kappa shape index (κ2) is 15.8. The number of methoxy groups -OCH3 is 3. The lowest BCUT2D eigenvalue weighted by Crippen LogP contribution is -2.15. The van der Waals surface area contributed by atoms with Crippen molar-refractivity contribution in [1.29, 1.82) is 0 Å². The van der Waals surface area contributed by atoms with Crippen LogP contribution in [0, 0.1) is 0 Å². The molecule has 0 aliphatic rings. The number of hydrogen-bond donors (Lipinski definition) is 0. The molecule has 9 nitrogen and oxygen atoms in total. The number of carbonyl (C=O) groups is 1. The lowest BCUT2D eigenvalue weighted by atomic mass is 10.1. The first-order chi connectivity index (χ1) is 14.2. The van der Waals surface area contributed by atoms with Crippen LogP contribution in [0.1, 0.15) is 17.3 Å². The van der Waals surface area contributed by atoms with Gasteiger partial charge in [-0.25, -0.2) is 4.79 Å². The maximum absolute atomic E-state index is 12.3. The van der Waals surface area contributed by atoms with Crippen molar-refractivity contribution in [2.24, 2.45) is 0 Å². The molecule has 0 N–H and O–H groups in total. The maximum atomic E-state index is 12.3. The summed E-state index contributed by atoms with van der Waals surface area (Å²) < 4.78 is 42.2. The van der Waals surface area contributed by atoms with Gasteiger partial charge in [-0.15, -0.1) is 0 Å². The van der Waals surface area contributed by atoms with E-state index in [1.807, 2.05) is 6.92 Å². The summed E-state index contributed by atoms with van der Waals surface area (Å²) in [5.41, 5.74) is 0.248. The minimum absolute atomic E-state index is 0.108. The third-order valence-corrected chi connectivity index (χ3v) is 3.71. The summed E-state index contributed by atoms with van der Waals surface area (Å²) in [6.45, 7) is 5.99. The van der Waals surface area contributed by atoms with Crippen LogP contribution < -0.4 is 14.2 Å². The molecule has 0 unspecified atom stereocenters. The summed E-state index contributed by atoms with van der Waals surface area (Å²) in [4.78, 5) is 12.3. The van der Waals surface area contributed by atoms with E-state index in [0.717, 1.165) is 0 Å². The largest absolute Gasteiger partial charge is 0.493 e. The predicted octanol–water partition coefficient (Wildman–Crippen LogP) is 1.96. The maximum Gasteiger partial charge on any atom is 0.342 e. The number of rotatable bonds is 17. The normalized spacial score (nSPS) is 10.6. The zero-order valence-corrected chi connectivity index (χ0v) is 17.7. The molecule has 0 atom stereocenters. The van der Waals surface area contributed by atoms with Crippen LogP contribution in [0.5, 0.6) is 17.2 Å². The average molecular weight is 416 g/mol. The number of hydrogen-bond acceptors (Lipinski definition) is 9. The molecule has 0 heterocycles. The molecule has 1 aromatic rings. The Balaban J connectivity index is 2.19. The summed E-state index contributed by atoms with van der Waals surface area (Å²) in [7, 11) is 4.42. The summed E-state index contributed by atoms with van der Waals surface area (Å²) in [6, 6.07) is 3.18. The average Bonchev–Trinajstić information content (AvgIpc) is 2.75. The summed E-state index contributed by atoms with van der Waals surface area (Å²) >= 11 is 0. The molecule has 1 rings (SSSR count). The van der Waals surface area contributed by atoms with E-state index in [2.05, 4.69) is 0 Å². The Hall–Kier alpha value is -2.07. The highest BCUT2D eigenvalue weighted by Crippen LogP contribution is 2.39. The molecule has 9 heteroatoms. The van der Waals surface area contributed by atoms with Gasteiger partial charge in [0.15, 0.2) is 11.5 Å². The molecule has 0 aliphatic heterocycles. The number of esters is 1. The molecule has 0 aliphatic carbocycles. The number of benzene rings is 1. The standard InChI is InChI=1S/C20H32O9/c1-5-25-8-9-26-10-11-27-12-13-28-14-15-29-20(21)16-6-7-17(22-2)19(24-4)18(16)23-3/h6-7H,5,8-15H2,1-4H3. The molecule has 0 bridgehead atoms. The van der Waals surface area contributed by atoms with Crippen molar-refractivity contribution in [3.05, 3.63) is 17.7 Å². The van der Waals surface area contributed by atoms with E-state index in [0.29, 0.717) is 57.7 Å². The second-order valence-electron chi connectivity index (χ2n) is 5.55. The van der Waals surface area contributed by atoms with Crippen LogP contribution in [0.25, 0.3) is 0 Å². The van der Waals surface area contributed by atoms with Crippen LogP contribution in [0.3, 0.4) is 0 Å². The van der Waals surface area contributed by atoms with E-state index < -0.39 is 5.97 Å². The van der Waals surface area contributed by atoms with Crippen molar-refractivity contribution >= 4 is 5.97 Å². The Morgan fingerprint density at radius 1 is 0.690 bits per heavy atom. The van der Waals surface area contributed by atoms with Gasteiger partial charge in [0.2, 0.25) is 5.75 Å². The van der Waals surface area contributed by atoms with Gasteiger partial charge in [-0.2, -0.15) is 0 Å². The highest BCUT2D eigenvalue weighted by molar-refractivity contribution is 5.94. The minimum Gasteiger partial charge on any atom is -0.493 e. The zero-order valence-electron chi connectivity index (χ0n) is 17.7. The number of ether oxygens (including phenoxy) is 8.